The predicted octanol–water partition coefficient (Wildman–Crippen LogP) is 2.79. The summed E-state index contributed by atoms with van der Waals surface area (Å²) in [5, 5.41) is 18.9. The van der Waals surface area contributed by atoms with Crippen LogP contribution >= 0.6 is 0 Å². The van der Waals surface area contributed by atoms with Crippen LogP contribution in [-0.4, -0.2) is 110 Å². The van der Waals surface area contributed by atoms with Crippen molar-refractivity contribution in [3.63, 3.8) is 0 Å². The maximum atomic E-state index is 13.6. The first-order valence-electron chi connectivity index (χ1n) is 18.4. The Bertz CT molecular complexity index is 2050. The van der Waals surface area contributed by atoms with E-state index in [0.717, 1.165) is 7.11 Å². The number of hydrogen-bond donors (Lipinski definition) is 2. The van der Waals surface area contributed by atoms with Gasteiger partial charge in [-0.15, -0.1) is 0 Å². The third-order valence-electron chi connectivity index (χ3n) is 8.90. The minimum atomic E-state index is -1.69. The number of aliphatic hydroxyl groups excluding tert-OH is 2. The van der Waals surface area contributed by atoms with Crippen LogP contribution < -0.4 is 0 Å². The second kappa shape index (κ2) is 22.8. The predicted molar refractivity (Wildman–Crippen MR) is 208 cm³/mol. The third kappa shape index (κ3) is 13.0. The number of rotatable bonds is 21. The normalized spacial score (nSPS) is 11.6. The Balaban J connectivity index is 1.67. The van der Waals surface area contributed by atoms with E-state index >= 15 is 0 Å². The van der Waals surface area contributed by atoms with Crippen LogP contribution in [0.5, 0.6) is 0 Å². The molecule has 0 radical (unpaired) electrons. The van der Waals surface area contributed by atoms with E-state index in [0.29, 0.717) is 0 Å². The lowest BCUT2D eigenvalue weighted by atomic mass is 10.0. The fourth-order valence-corrected chi connectivity index (χ4v) is 5.96. The van der Waals surface area contributed by atoms with Crippen LogP contribution in [0.2, 0.25) is 0 Å². The summed E-state index contributed by atoms with van der Waals surface area (Å²) in [6, 6.07) is 24.0. The number of ketones is 2. The van der Waals surface area contributed by atoms with Gasteiger partial charge in [-0.05, 0) is 34.4 Å². The van der Waals surface area contributed by atoms with Gasteiger partial charge in [0.2, 0.25) is 0 Å². The monoisotopic (exact) mass is 826 g/mol. The van der Waals surface area contributed by atoms with Gasteiger partial charge in [0.05, 0.1) is 51.0 Å². The average Bonchev–Trinajstić information content (AvgIpc) is 3.26. The van der Waals surface area contributed by atoms with Gasteiger partial charge in [0, 0.05) is 11.1 Å². The van der Waals surface area contributed by atoms with Gasteiger partial charge in [-0.25, -0.2) is 9.59 Å². The molecule has 0 heterocycles. The molecule has 2 atom stereocenters. The molecule has 2 unspecified atom stereocenters. The third-order valence-corrected chi connectivity index (χ3v) is 8.90. The molecule has 0 aliphatic carbocycles. The molecule has 0 saturated heterocycles. The van der Waals surface area contributed by atoms with E-state index in [1.807, 2.05) is 0 Å². The lowest BCUT2D eigenvalue weighted by molar-refractivity contribution is -0.181. The lowest BCUT2D eigenvalue weighted by Crippen LogP contribution is -2.43. The molecule has 0 aromatic heterocycles. The summed E-state index contributed by atoms with van der Waals surface area (Å²) in [6.45, 7) is -3.24. The van der Waals surface area contributed by atoms with Gasteiger partial charge in [-0.1, -0.05) is 84.9 Å². The first-order chi connectivity index (χ1) is 28.9. The first-order valence-corrected chi connectivity index (χ1v) is 18.4. The van der Waals surface area contributed by atoms with E-state index in [-0.39, 0.29) is 44.5 Å². The van der Waals surface area contributed by atoms with Crippen molar-refractivity contribution in [1.82, 2.24) is 0 Å². The van der Waals surface area contributed by atoms with Gasteiger partial charge in [0.15, 0.2) is 23.8 Å². The summed E-state index contributed by atoms with van der Waals surface area (Å²) in [6.07, 6.45) is -5.35. The highest BCUT2D eigenvalue weighted by Gasteiger charge is 2.33. The van der Waals surface area contributed by atoms with Crippen LogP contribution in [-0.2, 0) is 73.3 Å². The van der Waals surface area contributed by atoms with E-state index in [4.69, 9.17) is 28.4 Å². The largest absolute Gasteiger partial charge is 0.465 e. The first kappa shape index (κ1) is 45.7. The molecule has 4 aromatic carbocycles. The van der Waals surface area contributed by atoms with E-state index < -0.39 is 112 Å². The zero-order chi connectivity index (χ0) is 43.6. The minimum absolute atomic E-state index is 0.0327. The van der Waals surface area contributed by atoms with Gasteiger partial charge < -0.3 is 38.6 Å². The molecular weight excluding hydrogens is 784 g/mol. The number of benzene rings is 4. The van der Waals surface area contributed by atoms with Crippen LogP contribution in [0.3, 0.4) is 0 Å². The van der Waals surface area contributed by atoms with Crippen LogP contribution in [0.25, 0.3) is 0 Å². The fourth-order valence-electron chi connectivity index (χ4n) is 5.96. The van der Waals surface area contributed by atoms with E-state index in [2.05, 4.69) is 0 Å². The van der Waals surface area contributed by atoms with Gasteiger partial charge in [-0.2, -0.15) is 0 Å². The molecule has 4 aromatic rings. The topological polar surface area (TPSA) is 232 Å². The number of methoxy groups -OCH3 is 2. The molecule has 0 fully saturated rings. The fraction of sp³-hybridized carbons (Fsp3) is 0.273. The molecule has 2 N–H and O–H groups in total. The molecule has 16 nitrogen and oxygen atoms in total. The van der Waals surface area contributed by atoms with Crippen LogP contribution in [0.1, 0.15) is 63.7 Å². The van der Waals surface area contributed by atoms with E-state index in [1.54, 1.807) is 36.4 Å². The standard InChI is InChI=1S/C44H42O16/c1-55-43(53)33-17-9-5-13-29(33)20-40(50)58-26-37(59-41(51)21-28-12-4-8-16-32(28)36(48)24-46)38(60-42(52)22-30-14-6-10-18-34(30)44(54)56-2)25-57-39(49)19-27-11-3-7-15-31(27)35(47)23-45/h3-18,37-38,45-46H,19-26H2,1-2H3. The summed E-state index contributed by atoms with van der Waals surface area (Å²) in [5.41, 5.74) is 1.07. The number of ether oxygens (including phenoxy) is 6. The molecule has 0 spiro atoms. The summed E-state index contributed by atoms with van der Waals surface area (Å²) in [5.74, 6) is -6.62. The van der Waals surface area contributed by atoms with Crippen LogP contribution in [0.15, 0.2) is 97.1 Å². The highest BCUT2D eigenvalue weighted by molar-refractivity contribution is 6.00. The maximum absolute atomic E-state index is 13.6. The Morgan fingerprint density at radius 2 is 0.717 bits per heavy atom. The van der Waals surface area contributed by atoms with Crippen LogP contribution in [0, 0.1) is 0 Å². The van der Waals surface area contributed by atoms with Crippen molar-refractivity contribution in [2.24, 2.45) is 0 Å². The highest BCUT2D eigenvalue weighted by Crippen LogP contribution is 2.19. The van der Waals surface area contributed by atoms with E-state index in [1.165, 1.54) is 67.8 Å². The Hall–Kier alpha value is -7.04. The highest BCUT2D eigenvalue weighted by atomic mass is 16.6. The van der Waals surface area contributed by atoms with Crippen molar-refractivity contribution in [2.75, 3.05) is 40.6 Å². The summed E-state index contributed by atoms with van der Waals surface area (Å²) < 4.78 is 32.1. The number of esters is 6. The van der Waals surface area contributed by atoms with Crippen molar-refractivity contribution in [3.05, 3.63) is 142 Å². The molecule has 0 amide bonds. The second-order valence-corrected chi connectivity index (χ2v) is 12.9. The van der Waals surface area contributed by atoms with Crippen molar-refractivity contribution >= 4 is 47.4 Å². The van der Waals surface area contributed by atoms with Crippen molar-refractivity contribution < 1.29 is 77.0 Å². The smallest absolute Gasteiger partial charge is 0.338 e. The zero-order valence-corrected chi connectivity index (χ0v) is 32.7. The lowest BCUT2D eigenvalue weighted by Gasteiger charge is -2.27. The molecule has 0 saturated carbocycles. The van der Waals surface area contributed by atoms with Gasteiger partial charge >= 0.3 is 35.8 Å². The molecule has 314 valence electrons. The Morgan fingerprint density at radius 1 is 0.433 bits per heavy atom. The molecule has 4 rings (SSSR count). The van der Waals surface area contributed by atoms with Gasteiger partial charge in [0.25, 0.3) is 0 Å². The Morgan fingerprint density at radius 3 is 1.03 bits per heavy atom. The molecule has 16 heteroatoms. The maximum Gasteiger partial charge on any atom is 0.338 e. The minimum Gasteiger partial charge on any atom is -0.465 e. The summed E-state index contributed by atoms with van der Waals surface area (Å²) in [7, 11) is 2.33. The second-order valence-electron chi connectivity index (χ2n) is 12.9. The number of aliphatic hydroxyl groups is 2. The van der Waals surface area contributed by atoms with Crippen molar-refractivity contribution in [3.8, 4) is 0 Å². The number of carbonyl (C=O) groups is 8. The zero-order valence-electron chi connectivity index (χ0n) is 32.7. The molecule has 0 aliphatic heterocycles. The Labute approximate surface area is 343 Å². The van der Waals surface area contributed by atoms with Crippen LogP contribution in [0.4, 0.5) is 0 Å². The molecule has 0 bridgehead atoms. The van der Waals surface area contributed by atoms with Crippen molar-refractivity contribution in [2.45, 2.75) is 37.9 Å². The summed E-state index contributed by atoms with van der Waals surface area (Å²) >= 11 is 0. The quantitative estimate of drug-likeness (QED) is 0.0699. The molecule has 60 heavy (non-hydrogen) atoms. The van der Waals surface area contributed by atoms with Gasteiger partial charge in [-0.3, -0.25) is 28.8 Å². The molecular formula is C44H42O16. The number of hydrogen-bond acceptors (Lipinski definition) is 16. The molecule has 0 aliphatic rings. The number of Topliss-reactive ketones (excluding diaryl/α,β-unsaturated/α-hetero) is 2. The van der Waals surface area contributed by atoms with Crippen molar-refractivity contribution in [1.29, 1.82) is 0 Å². The Kier molecular flexibility index (Phi) is 17.3. The van der Waals surface area contributed by atoms with Gasteiger partial charge in [0.1, 0.15) is 26.4 Å². The SMILES string of the molecule is COC(=O)c1ccccc1CC(=O)OCC(OC(=O)Cc1ccccc1C(=O)CO)C(COC(=O)Cc1ccccc1C(=O)CO)OC(=O)Cc1ccccc1C(=O)OC. The summed E-state index contributed by atoms with van der Waals surface area (Å²) in [4.78, 5) is 103. The average molecular weight is 827 g/mol. The number of carbonyl (C=O) groups excluding carboxylic acids is 8. The van der Waals surface area contributed by atoms with E-state index in [9.17, 15) is 48.6 Å².